The Bertz CT molecular complexity index is 335. The van der Waals surface area contributed by atoms with Crippen LogP contribution < -0.4 is 11.3 Å². The first kappa shape index (κ1) is 13.2. The molecule has 0 heterocycles. The number of methoxy groups -OCH3 is 1. The van der Waals surface area contributed by atoms with Crippen LogP contribution in [-0.4, -0.2) is 13.2 Å². The average Bonchev–Trinajstić information content (AvgIpc) is 2.30. The highest BCUT2D eigenvalue weighted by molar-refractivity contribution is 5.35. The van der Waals surface area contributed by atoms with Gasteiger partial charge in [-0.15, -0.1) is 0 Å². The van der Waals surface area contributed by atoms with E-state index in [2.05, 4.69) is 44.4 Å². The summed E-state index contributed by atoms with van der Waals surface area (Å²) in [6.07, 6.45) is 1.03. The van der Waals surface area contributed by atoms with E-state index >= 15 is 0 Å². The zero-order valence-corrected chi connectivity index (χ0v) is 10.6. The van der Waals surface area contributed by atoms with Gasteiger partial charge < -0.3 is 4.74 Å². The molecular formula is C13H22N2O. The van der Waals surface area contributed by atoms with E-state index in [0.29, 0.717) is 0 Å². The highest BCUT2D eigenvalue weighted by Crippen LogP contribution is 2.25. The van der Waals surface area contributed by atoms with Crippen LogP contribution in [0.4, 0.5) is 0 Å². The van der Waals surface area contributed by atoms with Crippen molar-refractivity contribution in [1.29, 1.82) is 0 Å². The number of nitrogens with two attached hydrogens (primary N) is 1. The Kier molecular flexibility index (Phi) is 4.93. The van der Waals surface area contributed by atoms with E-state index in [1.54, 1.807) is 7.11 Å². The van der Waals surface area contributed by atoms with Crippen molar-refractivity contribution in [3.05, 3.63) is 34.9 Å². The molecule has 0 amide bonds. The number of hydrogen-bond acceptors (Lipinski definition) is 3. The second-order valence-corrected chi connectivity index (χ2v) is 4.12. The van der Waals surface area contributed by atoms with Crippen LogP contribution in [0.15, 0.2) is 18.2 Å². The second kappa shape index (κ2) is 5.99. The molecular weight excluding hydrogens is 200 g/mol. The van der Waals surface area contributed by atoms with Gasteiger partial charge in [0.25, 0.3) is 0 Å². The summed E-state index contributed by atoms with van der Waals surface area (Å²) in [5.74, 6) is 5.65. The summed E-state index contributed by atoms with van der Waals surface area (Å²) >= 11 is 0. The Morgan fingerprint density at radius 3 is 2.56 bits per heavy atom. The number of hydrogen-bond donors (Lipinski definition) is 2. The smallest absolute Gasteiger partial charge is 0.0776 e. The van der Waals surface area contributed by atoms with E-state index < -0.39 is 0 Å². The summed E-state index contributed by atoms with van der Waals surface area (Å²) in [5.41, 5.74) is 6.64. The van der Waals surface area contributed by atoms with Crippen molar-refractivity contribution < 1.29 is 4.74 Å². The first-order chi connectivity index (χ1) is 7.65. The van der Waals surface area contributed by atoms with E-state index in [1.165, 1.54) is 16.7 Å². The number of nitrogens with one attached hydrogen (secondary N) is 1. The molecule has 1 aromatic rings. The molecule has 0 saturated heterocycles. The molecule has 0 aliphatic carbocycles. The summed E-state index contributed by atoms with van der Waals surface area (Å²) < 4.78 is 5.46. The standard InChI is InChI=1S/C13H22N2O/c1-5-12(16-4)13(15-14)11-8-6-7-9(2)10(11)3/h6-8,12-13,15H,5,14H2,1-4H3. The van der Waals surface area contributed by atoms with Crippen molar-refractivity contribution in [1.82, 2.24) is 5.43 Å². The number of benzene rings is 1. The minimum Gasteiger partial charge on any atom is -0.379 e. The molecule has 1 rings (SSSR count). The maximum Gasteiger partial charge on any atom is 0.0776 e. The van der Waals surface area contributed by atoms with E-state index in [4.69, 9.17) is 10.6 Å². The van der Waals surface area contributed by atoms with Gasteiger partial charge in [0.05, 0.1) is 12.1 Å². The number of rotatable bonds is 5. The van der Waals surface area contributed by atoms with Crippen LogP contribution in [0.5, 0.6) is 0 Å². The topological polar surface area (TPSA) is 47.3 Å². The highest BCUT2D eigenvalue weighted by Gasteiger charge is 2.21. The Morgan fingerprint density at radius 2 is 2.06 bits per heavy atom. The van der Waals surface area contributed by atoms with Crippen molar-refractivity contribution >= 4 is 0 Å². The zero-order valence-electron chi connectivity index (χ0n) is 10.6. The summed E-state index contributed by atoms with van der Waals surface area (Å²) in [6.45, 7) is 6.33. The minimum absolute atomic E-state index is 0.0508. The minimum atomic E-state index is 0.0508. The summed E-state index contributed by atoms with van der Waals surface area (Å²) in [4.78, 5) is 0. The van der Waals surface area contributed by atoms with E-state index in [-0.39, 0.29) is 12.1 Å². The Morgan fingerprint density at radius 1 is 1.38 bits per heavy atom. The predicted molar refractivity (Wildman–Crippen MR) is 67.1 cm³/mol. The van der Waals surface area contributed by atoms with Crippen LogP contribution in [0.25, 0.3) is 0 Å². The monoisotopic (exact) mass is 222 g/mol. The fourth-order valence-corrected chi connectivity index (χ4v) is 2.05. The predicted octanol–water partition coefficient (Wildman–Crippen LogP) is 2.23. The molecule has 0 aliphatic rings. The fourth-order valence-electron chi connectivity index (χ4n) is 2.05. The van der Waals surface area contributed by atoms with Crippen molar-refractivity contribution in [2.75, 3.05) is 7.11 Å². The molecule has 16 heavy (non-hydrogen) atoms. The first-order valence-electron chi connectivity index (χ1n) is 5.70. The van der Waals surface area contributed by atoms with E-state index in [0.717, 1.165) is 6.42 Å². The van der Waals surface area contributed by atoms with Crippen LogP contribution in [0.1, 0.15) is 36.1 Å². The Balaban J connectivity index is 3.07. The van der Waals surface area contributed by atoms with Crippen LogP contribution in [-0.2, 0) is 4.74 Å². The van der Waals surface area contributed by atoms with Gasteiger partial charge in [0.1, 0.15) is 0 Å². The fraction of sp³-hybridized carbons (Fsp3) is 0.538. The lowest BCUT2D eigenvalue weighted by atomic mass is 9.93. The first-order valence-corrected chi connectivity index (χ1v) is 5.70. The molecule has 1 aromatic carbocycles. The second-order valence-electron chi connectivity index (χ2n) is 4.12. The quantitative estimate of drug-likeness (QED) is 0.593. The molecule has 0 bridgehead atoms. The molecule has 0 spiro atoms. The SMILES string of the molecule is CCC(OC)C(NN)c1cccc(C)c1C. The molecule has 2 unspecified atom stereocenters. The number of ether oxygens (including phenoxy) is 1. The summed E-state index contributed by atoms with van der Waals surface area (Å²) in [7, 11) is 1.73. The molecule has 0 aromatic heterocycles. The zero-order chi connectivity index (χ0) is 12.1. The van der Waals surface area contributed by atoms with Gasteiger partial charge in [-0.05, 0) is 37.0 Å². The van der Waals surface area contributed by atoms with Crippen LogP contribution in [0.3, 0.4) is 0 Å². The van der Waals surface area contributed by atoms with Gasteiger partial charge >= 0.3 is 0 Å². The van der Waals surface area contributed by atoms with Crippen molar-refractivity contribution in [2.24, 2.45) is 5.84 Å². The molecule has 90 valence electrons. The molecule has 3 N–H and O–H groups in total. The third kappa shape index (κ3) is 2.61. The maximum absolute atomic E-state index is 5.65. The van der Waals surface area contributed by atoms with Gasteiger partial charge in [-0.3, -0.25) is 11.3 Å². The number of aryl methyl sites for hydroxylation is 1. The van der Waals surface area contributed by atoms with Crippen molar-refractivity contribution in [3.8, 4) is 0 Å². The molecule has 0 radical (unpaired) electrons. The highest BCUT2D eigenvalue weighted by atomic mass is 16.5. The Labute approximate surface area is 98.0 Å². The van der Waals surface area contributed by atoms with Gasteiger partial charge in [-0.25, -0.2) is 0 Å². The third-order valence-electron chi connectivity index (χ3n) is 3.24. The molecule has 3 heteroatoms. The van der Waals surface area contributed by atoms with Gasteiger partial charge in [-0.2, -0.15) is 0 Å². The van der Waals surface area contributed by atoms with E-state index in [1.807, 2.05) is 0 Å². The molecule has 2 atom stereocenters. The van der Waals surface area contributed by atoms with Gasteiger partial charge in [0.15, 0.2) is 0 Å². The maximum atomic E-state index is 5.65. The van der Waals surface area contributed by atoms with Crippen LogP contribution in [0.2, 0.25) is 0 Å². The van der Waals surface area contributed by atoms with Crippen LogP contribution in [0, 0.1) is 13.8 Å². The van der Waals surface area contributed by atoms with Crippen LogP contribution >= 0.6 is 0 Å². The van der Waals surface area contributed by atoms with Gasteiger partial charge in [0, 0.05) is 7.11 Å². The summed E-state index contributed by atoms with van der Waals surface area (Å²) in [6, 6.07) is 6.33. The third-order valence-corrected chi connectivity index (χ3v) is 3.24. The normalized spacial score (nSPS) is 14.8. The van der Waals surface area contributed by atoms with Crippen molar-refractivity contribution in [3.63, 3.8) is 0 Å². The lowest BCUT2D eigenvalue weighted by molar-refractivity contribution is 0.0649. The molecule has 0 fully saturated rings. The Hall–Kier alpha value is -0.900. The average molecular weight is 222 g/mol. The molecule has 0 aliphatic heterocycles. The van der Waals surface area contributed by atoms with Gasteiger partial charge in [0.2, 0.25) is 0 Å². The number of hydrazine groups is 1. The van der Waals surface area contributed by atoms with Crippen molar-refractivity contribution in [2.45, 2.75) is 39.3 Å². The summed E-state index contributed by atoms with van der Waals surface area (Å²) in [5, 5.41) is 0. The molecule has 0 saturated carbocycles. The molecule has 3 nitrogen and oxygen atoms in total. The lowest BCUT2D eigenvalue weighted by Crippen LogP contribution is -2.37. The largest absolute Gasteiger partial charge is 0.379 e. The van der Waals surface area contributed by atoms with E-state index in [9.17, 15) is 0 Å². The van der Waals surface area contributed by atoms with Gasteiger partial charge in [-0.1, -0.05) is 25.1 Å². The lowest BCUT2D eigenvalue weighted by Gasteiger charge is -2.26.